The van der Waals surface area contributed by atoms with Crippen molar-refractivity contribution < 1.29 is 13.2 Å². The van der Waals surface area contributed by atoms with Gasteiger partial charge in [-0.2, -0.15) is 23.7 Å². The number of alkyl halides is 3. The number of benzene rings is 8. The Morgan fingerprint density at radius 2 is 1.05 bits per heavy atom. The van der Waals surface area contributed by atoms with E-state index in [1.165, 1.54) is 12.1 Å². The molecule has 288 valence electrons. The molecule has 8 heteroatoms. The van der Waals surface area contributed by atoms with Crippen LogP contribution in [0.4, 0.5) is 18.9 Å². The number of para-hydroxylation sites is 3. The van der Waals surface area contributed by atoms with Crippen molar-refractivity contribution in [1.82, 2.24) is 9.13 Å². The van der Waals surface area contributed by atoms with Gasteiger partial charge in [0, 0.05) is 27.1 Å². The fourth-order valence-electron chi connectivity index (χ4n) is 8.87. The normalized spacial score (nSPS) is 11.6. The van der Waals surface area contributed by atoms with E-state index in [0.717, 1.165) is 71.9 Å². The number of rotatable bonds is 5. The maximum atomic E-state index is 14.2. The van der Waals surface area contributed by atoms with E-state index in [1.807, 2.05) is 121 Å². The Morgan fingerprint density at radius 1 is 0.525 bits per heavy atom. The van der Waals surface area contributed by atoms with Crippen LogP contribution < -0.4 is 0 Å². The highest BCUT2D eigenvalue weighted by Crippen LogP contribution is 2.46. The van der Waals surface area contributed by atoms with E-state index in [-0.39, 0.29) is 0 Å². The minimum atomic E-state index is -4.55. The summed E-state index contributed by atoms with van der Waals surface area (Å²) in [5, 5.41) is 24.4. The van der Waals surface area contributed by atoms with Crippen LogP contribution in [-0.4, -0.2) is 9.13 Å². The van der Waals surface area contributed by atoms with Gasteiger partial charge in [0.2, 0.25) is 0 Å². The Balaban J connectivity index is 1.33. The number of aromatic nitrogens is 2. The molecule has 0 bridgehead atoms. The third-order valence-electron chi connectivity index (χ3n) is 11.6. The largest absolute Gasteiger partial charge is 0.416 e. The monoisotopic (exact) mass is 793 g/mol. The van der Waals surface area contributed by atoms with Gasteiger partial charge in [-0.1, -0.05) is 97.1 Å². The molecule has 5 nitrogen and oxygen atoms in total. The summed E-state index contributed by atoms with van der Waals surface area (Å²) in [6.45, 7) is 9.51. The lowest BCUT2D eigenvalue weighted by Gasteiger charge is -2.22. The summed E-state index contributed by atoms with van der Waals surface area (Å²) in [7, 11) is 0. The standard InChI is InChI=1S/C53H30F3N5/c1-32-25-37(53(54,55)56)21-22-38(32)52-50(60-46-17-9-6-14-41(46)43-28-34(19-23-48(43)60)39-12-4-3-11-36(39)31-58)26-33(30-57)27-51(52)61-47-18-10-7-15-42(47)44-29-35(20-24-49(44)61)40-13-5-8-16-45(40)59-2/h3-29H,1H3. The van der Waals surface area contributed by atoms with E-state index in [2.05, 4.69) is 38.3 Å². The van der Waals surface area contributed by atoms with Crippen molar-refractivity contribution in [3.05, 3.63) is 197 Å². The molecule has 0 fully saturated rings. The number of halogens is 3. The van der Waals surface area contributed by atoms with E-state index < -0.39 is 11.7 Å². The smallest absolute Gasteiger partial charge is 0.308 e. The molecule has 0 saturated carbocycles. The molecule has 0 unspecified atom stereocenters. The van der Waals surface area contributed by atoms with Crippen molar-refractivity contribution >= 4 is 49.3 Å². The van der Waals surface area contributed by atoms with E-state index in [0.29, 0.717) is 44.9 Å². The van der Waals surface area contributed by atoms with Gasteiger partial charge in [-0.05, 0) is 107 Å². The molecule has 61 heavy (non-hydrogen) atoms. The van der Waals surface area contributed by atoms with Gasteiger partial charge in [0.15, 0.2) is 5.69 Å². The lowest BCUT2D eigenvalue weighted by Crippen LogP contribution is -2.08. The predicted octanol–water partition coefficient (Wildman–Crippen LogP) is 14.5. The molecule has 0 aliphatic heterocycles. The third-order valence-corrected chi connectivity index (χ3v) is 11.6. The molecular formula is C53H30F3N5. The molecule has 0 radical (unpaired) electrons. The highest BCUT2D eigenvalue weighted by molar-refractivity contribution is 6.13. The minimum Gasteiger partial charge on any atom is -0.308 e. The molecule has 0 aliphatic carbocycles. The van der Waals surface area contributed by atoms with Crippen LogP contribution in [0.25, 0.3) is 93.2 Å². The zero-order valence-electron chi connectivity index (χ0n) is 32.5. The maximum Gasteiger partial charge on any atom is 0.416 e. The van der Waals surface area contributed by atoms with Crippen molar-refractivity contribution in [2.75, 3.05) is 0 Å². The summed E-state index contributed by atoms with van der Waals surface area (Å²) in [6.07, 6.45) is -4.55. The van der Waals surface area contributed by atoms with Gasteiger partial charge < -0.3 is 9.13 Å². The van der Waals surface area contributed by atoms with Gasteiger partial charge in [0.1, 0.15) is 0 Å². The first-order chi connectivity index (χ1) is 29.7. The Morgan fingerprint density at radius 3 is 1.61 bits per heavy atom. The highest BCUT2D eigenvalue weighted by Gasteiger charge is 2.32. The van der Waals surface area contributed by atoms with Gasteiger partial charge in [-0.25, -0.2) is 4.85 Å². The van der Waals surface area contributed by atoms with Crippen molar-refractivity contribution in [2.24, 2.45) is 0 Å². The van der Waals surface area contributed by atoms with Gasteiger partial charge in [-0.15, -0.1) is 0 Å². The molecule has 2 heterocycles. The molecule has 10 aromatic rings. The summed E-state index contributed by atoms with van der Waals surface area (Å²) in [5.74, 6) is 0. The van der Waals surface area contributed by atoms with Gasteiger partial charge in [-0.3, -0.25) is 0 Å². The van der Waals surface area contributed by atoms with Crippen LogP contribution in [0.3, 0.4) is 0 Å². The third kappa shape index (κ3) is 5.91. The zero-order valence-corrected chi connectivity index (χ0v) is 32.5. The second-order valence-electron chi connectivity index (χ2n) is 15.0. The second-order valence-corrected chi connectivity index (χ2v) is 15.0. The maximum absolute atomic E-state index is 14.2. The quantitative estimate of drug-likeness (QED) is 0.163. The first-order valence-corrected chi connectivity index (χ1v) is 19.5. The van der Waals surface area contributed by atoms with Crippen LogP contribution in [0.15, 0.2) is 164 Å². The van der Waals surface area contributed by atoms with Gasteiger partial charge in [0.05, 0.1) is 68.8 Å². The number of fused-ring (bicyclic) bond motifs is 6. The van der Waals surface area contributed by atoms with Crippen molar-refractivity contribution in [3.63, 3.8) is 0 Å². The fraction of sp³-hybridized carbons (Fsp3) is 0.0377. The Hall–Kier alpha value is -8.38. The summed E-state index contributed by atoms with van der Waals surface area (Å²) >= 11 is 0. The minimum absolute atomic E-state index is 0.359. The average Bonchev–Trinajstić information content (AvgIpc) is 3.80. The van der Waals surface area contributed by atoms with E-state index >= 15 is 0 Å². The van der Waals surface area contributed by atoms with Crippen molar-refractivity contribution in [1.29, 1.82) is 10.5 Å². The van der Waals surface area contributed by atoms with Gasteiger partial charge >= 0.3 is 6.18 Å². The van der Waals surface area contributed by atoms with Crippen LogP contribution in [0.1, 0.15) is 22.3 Å². The fourth-order valence-corrected chi connectivity index (χ4v) is 8.87. The van der Waals surface area contributed by atoms with E-state index in [9.17, 15) is 23.7 Å². The Bertz CT molecular complexity index is 3390. The molecular weight excluding hydrogens is 764 g/mol. The number of hydrogen-bond acceptors (Lipinski definition) is 2. The molecule has 0 amide bonds. The Kier molecular flexibility index (Phi) is 8.58. The molecule has 8 aromatic carbocycles. The summed E-state index contributed by atoms with van der Waals surface area (Å²) in [4.78, 5) is 3.77. The second kappa shape index (κ2) is 14.2. The SMILES string of the molecule is [C-]#[N+]c1ccccc1-c1ccc2c(c1)c1ccccc1n2-c1cc(C#N)cc(-n2c3ccccc3c3cc(-c4ccccc4C#N)ccc32)c1-c1ccc(C(F)(F)F)cc1C. The molecule has 10 rings (SSSR count). The van der Waals surface area contributed by atoms with E-state index in [1.54, 1.807) is 19.1 Å². The summed E-state index contributed by atoms with van der Waals surface area (Å²) in [6, 6.07) is 55.1. The van der Waals surface area contributed by atoms with Crippen molar-refractivity contribution in [2.45, 2.75) is 13.1 Å². The van der Waals surface area contributed by atoms with Crippen LogP contribution in [0.5, 0.6) is 0 Å². The number of nitriles is 2. The van der Waals surface area contributed by atoms with Crippen LogP contribution in [0, 0.1) is 36.2 Å². The Labute approximate surface area is 348 Å². The zero-order chi connectivity index (χ0) is 42.0. The highest BCUT2D eigenvalue weighted by atomic mass is 19.4. The summed E-state index contributed by atoms with van der Waals surface area (Å²) in [5.41, 5.74) is 10.2. The molecule has 2 aromatic heterocycles. The van der Waals surface area contributed by atoms with Crippen LogP contribution >= 0.6 is 0 Å². The van der Waals surface area contributed by atoms with Gasteiger partial charge in [0.25, 0.3) is 0 Å². The molecule has 0 aliphatic rings. The summed E-state index contributed by atoms with van der Waals surface area (Å²) < 4.78 is 46.9. The molecule has 0 spiro atoms. The van der Waals surface area contributed by atoms with Crippen LogP contribution in [-0.2, 0) is 6.18 Å². The number of nitrogens with zero attached hydrogens (tertiary/aromatic N) is 5. The number of hydrogen-bond donors (Lipinski definition) is 0. The molecule has 0 atom stereocenters. The van der Waals surface area contributed by atoms with Crippen molar-refractivity contribution in [3.8, 4) is 56.9 Å². The first-order valence-electron chi connectivity index (χ1n) is 19.5. The van der Waals surface area contributed by atoms with E-state index in [4.69, 9.17) is 6.57 Å². The predicted molar refractivity (Wildman–Crippen MR) is 237 cm³/mol. The lowest BCUT2D eigenvalue weighted by atomic mass is 9.93. The topological polar surface area (TPSA) is 61.8 Å². The lowest BCUT2D eigenvalue weighted by molar-refractivity contribution is -0.137. The van der Waals surface area contributed by atoms with Crippen LogP contribution in [0.2, 0.25) is 0 Å². The number of aryl methyl sites for hydroxylation is 1. The average molecular weight is 794 g/mol. The first kappa shape index (κ1) is 36.9. The molecule has 0 N–H and O–H groups in total. The molecule has 0 saturated heterocycles.